The summed E-state index contributed by atoms with van der Waals surface area (Å²) in [5, 5.41) is 14.0. The number of nitrogens with zero attached hydrogens (tertiary/aromatic N) is 4. The predicted octanol–water partition coefficient (Wildman–Crippen LogP) is 4.65. The molecule has 2 aliphatic carbocycles. The van der Waals surface area contributed by atoms with Crippen molar-refractivity contribution < 1.29 is 27.5 Å². The first-order valence-corrected chi connectivity index (χ1v) is 10.7. The number of halogens is 4. The van der Waals surface area contributed by atoms with Crippen LogP contribution in [-0.4, -0.2) is 50.0 Å². The van der Waals surface area contributed by atoms with Gasteiger partial charge >= 0.3 is 12.3 Å². The number of piperidine rings is 1. The quantitative estimate of drug-likeness (QED) is 0.690. The summed E-state index contributed by atoms with van der Waals surface area (Å²) in [6.45, 7) is 2.57. The van der Waals surface area contributed by atoms with Crippen LogP contribution in [0.4, 0.5) is 22.4 Å². The van der Waals surface area contributed by atoms with E-state index >= 15 is 4.39 Å². The number of aromatic nitrogens is 3. The number of alkyl halides is 3. The highest BCUT2D eigenvalue weighted by Crippen LogP contribution is 2.58. The zero-order valence-corrected chi connectivity index (χ0v) is 17.1. The molecule has 1 N–H and O–H groups in total. The van der Waals surface area contributed by atoms with E-state index in [1.807, 2.05) is 6.07 Å². The molecule has 10 heteroatoms. The standard InChI is InChI=1S/C21H24F4N4O2/c1-11-8-15(20-9-14(20)6-7-28(10-20)19(30)31)29-18(26-11)16(22)17(27-29)12-2-4-13(5-3-12)21(23,24)25/h8,12-14H,2-7,9-10H2,1H3,(H,30,31)/t12?,13?,14-,20+/m1/s1. The van der Waals surface area contributed by atoms with Gasteiger partial charge < -0.3 is 10.0 Å². The second-order valence-corrected chi connectivity index (χ2v) is 9.36. The summed E-state index contributed by atoms with van der Waals surface area (Å²) in [6, 6.07) is 1.84. The Labute approximate surface area is 176 Å². The van der Waals surface area contributed by atoms with Crippen molar-refractivity contribution in [2.45, 2.75) is 63.0 Å². The largest absolute Gasteiger partial charge is 0.465 e. The van der Waals surface area contributed by atoms with Crippen molar-refractivity contribution in [2.75, 3.05) is 13.1 Å². The van der Waals surface area contributed by atoms with Gasteiger partial charge in [0.15, 0.2) is 11.5 Å². The van der Waals surface area contributed by atoms with Crippen LogP contribution < -0.4 is 0 Å². The average molecular weight is 440 g/mol. The maximum absolute atomic E-state index is 15.3. The number of hydrogen-bond acceptors (Lipinski definition) is 3. The molecule has 2 saturated carbocycles. The van der Waals surface area contributed by atoms with Crippen molar-refractivity contribution in [1.82, 2.24) is 19.5 Å². The van der Waals surface area contributed by atoms with E-state index in [4.69, 9.17) is 0 Å². The topological polar surface area (TPSA) is 70.7 Å². The van der Waals surface area contributed by atoms with Crippen LogP contribution in [-0.2, 0) is 5.41 Å². The monoisotopic (exact) mass is 440 g/mol. The lowest BCUT2D eigenvalue weighted by atomic mass is 9.80. The van der Waals surface area contributed by atoms with Gasteiger partial charge in [-0.15, -0.1) is 0 Å². The Balaban J connectivity index is 1.51. The summed E-state index contributed by atoms with van der Waals surface area (Å²) in [6.07, 6.45) is -3.22. The number of carboxylic acid groups (broad SMARTS) is 1. The van der Waals surface area contributed by atoms with Crippen LogP contribution in [0.25, 0.3) is 5.65 Å². The van der Waals surface area contributed by atoms with Gasteiger partial charge in [-0.3, -0.25) is 0 Å². The zero-order valence-electron chi connectivity index (χ0n) is 17.1. The molecule has 5 rings (SSSR count). The van der Waals surface area contributed by atoms with Gasteiger partial charge in [0, 0.05) is 30.1 Å². The lowest BCUT2D eigenvalue weighted by Crippen LogP contribution is -2.42. The highest BCUT2D eigenvalue weighted by atomic mass is 19.4. The summed E-state index contributed by atoms with van der Waals surface area (Å²) in [5.41, 5.74) is 1.21. The first-order valence-electron chi connectivity index (χ1n) is 10.7. The van der Waals surface area contributed by atoms with Gasteiger partial charge in [-0.05, 0) is 57.4 Å². The Kier molecular flexibility index (Phi) is 4.50. The maximum Gasteiger partial charge on any atom is 0.407 e. The molecule has 3 fully saturated rings. The molecule has 2 atom stereocenters. The molecule has 0 unspecified atom stereocenters. The highest BCUT2D eigenvalue weighted by molar-refractivity contribution is 5.66. The summed E-state index contributed by atoms with van der Waals surface area (Å²) >= 11 is 0. The fourth-order valence-corrected chi connectivity index (χ4v) is 5.68. The Morgan fingerprint density at radius 1 is 1.23 bits per heavy atom. The van der Waals surface area contributed by atoms with E-state index in [0.717, 1.165) is 18.5 Å². The number of amides is 1. The minimum Gasteiger partial charge on any atom is -0.465 e. The zero-order chi connectivity index (χ0) is 22.1. The van der Waals surface area contributed by atoms with Crippen molar-refractivity contribution in [3.63, 3.8) is 0 Å². The van der Waals surface area contributed by atoms with Gasteiger partial charge in [0.25, 0.3) is 0 Å². The van der Waals surface area contributed by atoms with Crippen LogP contribution in [0, 0.1) is 24.6 Å². The second-order valence-electron chi connectivity index (χ2n) is 9.36. The molecule has 2 aromatic rings. The normalized spacial score (nSPS) is 31.0. The SMILES string of the molecule is Cc1cc([C@]23C[C@H]2CCN(C(=O)O)C3)n2nc(C3CCC(C(F)(F)F)CC3)c(F)c2n1. The van der Waals surface area contributed by atoms with Crippen molar-refractivity contribution in [3.05, 3.63) is 29.0 Å². The second kappa shape index (κ2) is 6.80. The van der Waals surface area contributed by atoms with E-state index in [1.165, 1.54) is 9.42 Å². The Morgan fingerprint density at radius 3 is 2.58 bits per heavy atom. The van der Waals surface area contributed by atoms with E-state index in [1.54, 1.807) is 6.92 Å². The van der Waals surface area contributed by atoms with E-state index in [-0.39, 0.29) is 42.9 Å². The van der Waals surface area contributed by atoms with Crippen LogP contribution in [0.1, 0.15) is 61.5 Å². The van der Waals surface area contributed by atoms with Crippen LogP contribution in [0.5, 0.6) is 0 Å². The minimum absolute atomic E-state index is 0.0274. The molecule has 3 aliphatic rings. The predicted molar refractivity (Wildman–Crippen MR) is 102 cm³/mol. The third kappa shape index (κ3) is 3.25. The molecule has 0 radical (unpaired) electrons. The van der Waals surface area contributed by atoms with Crippen molar-refractivity contribution in [1.29, 1.82) is 0 Å². The number of fused-ring (bicyclic) bond motifs is 2. The van der Waals surface area contributed by atoms with Crippen LogP contribution >= 0.6 is 0 Å². The Morgan fingerprint density at radius 2 is 1.94 bits per heavy atom. The molecule has 0 spiro atoms. The van der Waals surface area contributed by atoms with Crippen molar-refractivity contribution in [2.24, 2.45) is 11.8 Å². The number of likely N-dealkylation sites (tertiary alicyclic amines) is 1. The number of rotatable bonds is 2. The summed E-state index contributed by atoms with van der Waals surface area (Å²) < 4.78 is 55.8. The summed E-state index contributed by atoms with van der Waals surface area (Å²) in [7, 11) is 0. The lowest BCUT2D eigenvalue weighted by Gasteiger charge is -2.31. The lowest BCUT2D eigenvalue weighted by molar-refractivity contribution is -0.182. The van der Waals surface area contributed by atoms with Crippen molar-refractivity contribution >= 4 is 11.7 Å². The van der Waals surface area contributed by atoms with Gasteiger partial charge in [-0.25, -0.2) is 18.7 Å². The molecule has 0 aromatic carbocycles. The molecule has 1 saturated heterocycles. The maximum atomic E-state index is 15.3. The molecule has 168 valence electrons. The molecule has 0 bridgehead atoms. The molecule has 3 heterocycles. The van der Waals surface area contributed by atoms with Gasteiger partial charge in [0.1, 0.15) is 5.69 Å². The van der Waals surface area contributed by atoms with Gasteiger partial charge in [0.2, 0.25) is 0 Å². The van der Waals surface area contributed by atoms with E-state index in [9.17, 15) is 23.1 Å². The summed E-state index contributed by atoms with van der Waals surface area (Å²) in [5.74, 6) is -1.97. The molecular formula is C21H24F4N4O2. The van der Waals surface area contributed by atoms with E-state index < -0.39 is 29.4 Å². The van der Waals surface area contributed by atoms with E-state index in [2.05, 4.69) is 10.1 Å². The molecule has 1 amide bonds. The molecular weight excluding hydrogens is 416 g/mol. The Hall–Kier alpha value is -2.39. The Bertz CT molecular complexity index is 1040. The van der Waals surface area contributed by atoms with Crippen LogP contribution in [0.3, 0.4) is 0 Å². The smallest absolute Gasteiger partial charge is 0.407 e. The number of aryl methyl sites for hydroxylation is 1. The minimum atomic E-state index is -4.22. The van der Waals surface area contributed by atoms with Crippen LogP contribution in [0.15, 0.2) is 6.07 Å². The first-order chi connectivity index (χ1) is 14.6. The molecule has 2 aromatic heterocycles. The average Bonchev–Trinajstić information content (AvgIpc) is 3.37. The van der Waals surface area contributed by atoms with Gasteiger partial charge in [-0.2, -0.15) is 18.3 Å². The highest BCUT2D eigenvalue weighted by Gasteiger charge is 2.60. The first kappa shape index (κ1) is 20.5. The number of hydrogen-bond donors (Lipinski definition) is 1. The third-order valence-electron chi connectivity index (χ3n) is 7.50. The van der Waals surface area contributed by atoms with Gasteiger partial charge in [-0.1, -0.05) is 0 Å². The van der Waals surface area contributed by atoms with Crippen molar-refractivity contribution in [3.8, 4) is 0 Å². The number of carbonyl (C=O) groups is 1. The molecule has 31 heavy (non-hydrogen) atoms. The van der Waals surface area contributed by atoms with Crippen LogP contribution in [0.2, 0.25) is 0 Å². The van der Waals surface area contributed by atoms with E-state index in [0.29, 0.717) is 24.7 Å². The fourth-order valence-electron chi connectivity index (χ4n) is 5.68. The molecule has 6 nitrogen and oxygen atoms in total. The third-order valence-corrected chi connectivity index (χ3v) is 7.50. The fraction of sp³-hybridized carbons (Fsp3) is 0.667. The molecule has 1 aliphatic heterocycles. The van der Waals surface area contributed by atoms with Gasteiger partial charge in [0.05, 0.1) is 11.6 Å². The summed E-state index contributed by atoms with van der Waals surface area (Å²) in [4.78, 5) is 17.2.